The van der Waals surface area contributed by atoms with Crippen LogP contribution in [0, 0.1) is 5.92 Å². The highest BCUT2D eigenvalue weighted by atomic mass is 14.5. The summed E-state index contributed by atoms with van der Waals surface area (Å²) in [6, 6.07) is 15.0. The lowest BCUT2D eigenvalue weighted by Crippen LogP contribution is -2.00. The first-order valence-electron chi connectivity index (χ1n) is 6.17. The Bertz CT molecular complexity index is 540. The van der Waals surface area contributed by atoms with E-state index in [1.54, 1.807) is 6.20 Å². The Kier molecular flexibility index (Phi) is 3.48. The van der Waals surface area contributed by atoms with Gasteiger partial charge in [-0.15, -0.1) is 0 Å². The van der Waals surface area contributed by atoms with Crippen LogP contribution in [0.2, 0.25) is 0 Å². The molecule has 0 saturated carbocycles. The topological polar surface area (TPSA) is 26.0 Å². The molecule has 0 saturated heterocycles. The third kappa shape index (κ3) is 2.33. The van der Waals surface area contributed by atoms with Crippen molar-refractivity contribution in [1.82, 2.24) is 0 Å². The van der Waals surface area contributed by atoms with Gasteiger partial charge < -0.3 is 5.73 Å². The summed E-state index contributed by atoms with van der Waals surface area (Å²) in [5.74, 6) is 0.501. The molecule has 0 aliphatic carbocycles. The van der Waals surface area contributed by atoms with E-state index in [1.165, 1.54) is 21.9 Å². The number of benzene rings is 2. The predicted molar refractivity (Wildman–Crippen MR) is 75.6 cm³/mol. The summed E-state index contributed by atoms with van der Waals surface area (Å²) in [5.41, 5.74) is 8.23. The highest BCUT2D eigenvalue weighted by molar-refractivity contribution is 5.86. The number of rotatable bonds is 3. The number of hydrogen-bond acceptors (Lipinski definition) is 1. The second-order valence-corrected chi connectivity index (χ2v) is 4.49. The van der Waals surface area contributed by atoms with Gasteiger partial charge in [0.2, 0.25) is 0 Å². The minimum absolute atomic E-state index is 0.501. The molecule has 88 valence electrons. The minimum atomic E-state index is 0.501. The zero-order valence-corrected chi connectivity index (χ0v) is 10.5. The van der Waals surface area contributed by atoms with Crippen LogP contribution in [0.4, 0.5) is 0 Å². The van der Waals surface area contributed by atoms with Crippen LogP contribution in [0.25, 0.3) is 16.3 Å². The van der Waals surface area contributed by atoms with Crippen LogP contribution in [0.1, 0.15) is 25.8 Å². The molecule has 2 aromatic rings. The van der Waals surface area contributed by atoms with E-state index < -0.39 is 0 Å². The molecule has 1 heteroatoms. The minimum Gasteiger partial charge on any atom is -0.404 e. The lowest BCUT2D eigenvalue weighted by atomic mass is 9.91. The standard InChI is InChI=1S/C16H19N/c1-3-12(2)16(11-17)15-9-8-13-6-4-5-7-14(13)10-15/h4-12H,3,17H2,1-2H3/b16-11+. The summed E-state index contributed by atoms with van der Waals surface area (Å²) in [6.07, 6.45) is 2.86. The number of fused-ring (bicyclic) bond motifs is 1. The van der Waals surface area contributed by atoms with Crippen molar-refractivity contribution in [2.75, 3.05) is 0 Å². The molecule has 0 aliphatic rings. The smallest absolute Gasteiger partial charge is 0.00209 e. The maximum atomic E-state index is 5.76. The van der Waals surface area contributed by atoms with Gasteiger partial charge in [0, 0.05) is 0 Å². The van der Waals surface area contributed by atoms with E-state index in [4.69, 9.17) is 5.73 Å². The SMILES string of the molecule is CCC(C)/C(=C\N)c1ccc2ccccc2c1. The lowest BCUT2D eigenvalue weighted by molar-refractivity contribution is 0.716. The summed E-state index contributed by atoms with van der Waals surface area (Å²) in [4.78, 5) is 0. The average molecular weight is 225 g/mol. The van der Waals surface area contributed by atoms with Crippen LogP contribution in [-0.4, -0.2) is 0 Å². The molecule has 0 heterocycles. The van der Waals surface area contributed by atoms with Crippen LogP contribution in [0.3, 0.4) is 0 Å². The second kappa shape index (κ2) is 5.05. The molecule has 0 fully saturated rings. The highest BCUT2D eigenvalue weighted by Crippen LogP contribution is 2.27. The largest absolute Gasteiger partial charge is 0.404 e. The maximum absolute atomic E-state index is 5.76. The molecule has 2 rings (SSSR count). The van der Waals surface area contributed by atoms with Crippen molar-refractivity contribution in [3.63, 3.8) is 0 Å². The van der Waals surface area contributed by atoms with Crippen molar-refractivity contribution >= 4 is 16.3 Å². The Hall–Kier alpha value is -1.76. The zero-order chi connectivity index (χ0) is 12.3. The fourth-order valence-corrected chi connectivity index (χ4v) is 2.13. The molecule has 0 bridgehead atoms. The van der Waals surface area contributed by atoms with Crippen LogP contribution in [0.15, 0.2) is 48.7 Å². The van der Waals surface area contributed by atoms with Crippen LogP contribution >= 0.6 is 0 Å². The van der Waals surface area contributed by atoms with E-state index in [0.29, 0.717) is 5.92 Å². The van der Waals surface area contributed by atoms with Gasteiger partial charge in [0.15, 0.2) is 0 Å². The third-order valence-electron chi connectivity index (χ3n) is 3.41. The molecule has 0 spiro atoms. The van der Waals surface area contributed by atoms with Crippen molar-refractivity contribution < 1.29 is 0 Å². The van der Waals surface area contributed by atoms with Crippen molar-refractivity contribution in [3.05, 3.63) is 54.2 Å². The van der Waals surface area contributed by atoms with E-state index in [1.807, 2.05) is 0 Å². The highest BCUT2D eigenvalue weighted by Gasteiger charge is 2.09. The Balaban J connectivity index is 2.48. The molecule has 1 nitrogen and oxygen atoms in total. The fourth-order valence-electron chi connectivity index (χ4n) is 2.13. The molecule has 2 aromatic carbocycles. The Morgan fingerprint density at radius 1 is 1.18 bits per heavy atom. The first kappa shape index (κ1) is 11.7. The van der Waals surface area contributed by atoms with E-state index >= 15 is 0 Å². The van der Waals surface area contributed by atoms with E-state index in [9.17, 15) is 0 Å². The predicted octanol–water partition coefficient (Wildman–Crippen LogP) is 4.19. The van der Waals surface area contributed by atoms with Crippen molar-refractivity contribution in [3.8, 4) is 0 Å². The fraction of sp³-hybridized carbons (Fsp3) is 0.250. The maximum Gasteiger partial charge on any atom is -0.00209 e. The molecule has 1 unspecified atom stereocenters. The Morgan fingerprint density at radius 3 is 2.53 bits per heavy atom. The van der Waals surface area contributed by atoms with Crippen molar-refractivity contribution in [2.45, 2.75) is 20.3 Å². The number of hydrogen-bond donors (Lipinski definition) is 1. The summed E-state index contributed by atoms with van der Waals surface area (Å²) < 4.78 is 0. The summed E-state index contributed by atoms with van der Waals surface area (Å²) in [6.45, 7) is 4.41. The van der Waals surface area contributed by atoms with Gasteiger partial charge in [-0.3, -0.25) is 0 Å². The first-order chi connectivity index (χ1) is 8.26. The summed E-state index contributed by atoms with van der Waals surface area (Å²) in [5, 5.41) is 2.55. The zero-order valence-electron chi connectivity index (χ0n) is 10.5. The van der Waals surface area contributed by atoms with Gasteiger partial charge >= 0.3 is 0 Å². The van der Waals surface area contributed by atoms with E-state index in [2.05, 4.69) is 56.3 Å². The molecule has 0 aromatic heterocycles. The normalized spacial score (nSPS) is 13.9. The number of allylic oxidation sites excluding steroid dienone is 1. The van der Waals surface area contributed by atoms with Crippen molar-refractivity contribution in [1.29, 1.82) is 0 Å². The first-order valence-corrected chi connectivity index (χ1v) is 6.17. The van der Waals surface area contributed by atoms with Gasteiger partial charge in [0.1, 0.15) is 0 Å². The van der Waals surface area contributed by atoms with Crippen LogP contribution < -0.4 is 5.73 Å². The molecule has 2 N–H and O–H groups in total. The lowest BCUT2D eigenvalue weighted by Gasteiger charge is -2.14. The summed E-state index contributed by atoms with van der Waals surface area (Å²) >= 11 is 0. The monoisotopic (exact) mass is 225 g/mol. The van der Waals surface area contributed by atoms with Gasteiger partial charge in [0.25, 0.3) is 0 Å². The van der Waals surface area contributed by atoms with Gasteiger partial charge in [-0.25, -0.2) is 0 Å². The molecule has 0 aliphatic heterocycles. The Labute approximate surface area is 103 Å². The van der Waals surface area contributed by atoms with Crippen LogP contribution in [0.5, 0.6) is 0 Å². The summed E-state index contributed by atoms with van der Waals surface area (Å²) in [7, 11) is 0. The van der Waals surface area contributed by atoms with Gasteiger partial charge in [-0.05, 0) is 46.5 Å². The molecule has 1 atom stereocenters. The van der Waals surface area contributed by atoms with Gasteiger partial charge in [-0.1, -0.05) is 50.2 Å². The van der Waals surface area contributed by atoms with Gasteiger partial charge in [-0.2, -0.15) is 0 Å². The molecular formula is C16H19N. The average Bonchev–Trinajstić information content (AvgIpc) is 2.39. The van der Waals surface area contributed by atoms with Crippen LogP contribution in [-0.2, 0) is 0 Å². The third-order valence-corrected chi connectivity index (χ3v) is 3.41. The van der Waals surface area contributed by atoms with Crippen molar-refractivity contribution in [2.24, 2.45) is 11.7 Å². The van der Waals surface area contributed by atoms with E-state index in [0.717, 1.165) is 6.42 Å². The molecule has 17 heavy (non-hydrogen) atoms. The number of nitrogens with two attached hydrogens (primary N) is 1. The second-order valence-electron chi connectivity index (χ2n) is 4.49. The Morgan fingerprint density at radius 2 is 1.88 bits per heavy atom. The molecule has 0 radical (unpaired) electrons. The van der Waals surface area contributed by atoms with E-state index in [-0.39, 0.29) is 0 Å². The van der Waals surface area contributed by atoms with Gasteiger partial charge in [0.05, 0.1) is 0 Å². The molecular weight excluding hydrogens is 206 g/mol. The molecule has 0 amide bonds. The quantitative estimate of drug-likeness (QED) is 0.833.